The molecule has 4 aromatic carbocycles. The number of nitro benzene ring substituents is 1. The number of non-ortho nitro benzene ring substituents is 1. The molecule has 1 atom stereocenters. The number of benzene rings is 4. The van der Waals surface area contributed by atoms with E-state index >= 15 is 0 Å². The number of carboxylic acid groups (broad SMARTS) is 1. The van der Waals surface area contributed by atoms with Gasteiger partial charge < -0.3 is 15.0 Å². The summed E-state index contributed by atoms with van der Waals surface area (Å²) in [6.45, 7) is 6.56. The fourth-order valence-corrected chi connectivity index (χ4v) is 5.15. The van der Waals surface area contributed by atoms with E-state index in [2.05, 4.69) is 22.9 Å². The van der Waals surface area contributed by atoms with Crippen molar-refractivity contribution in [1.82, 2.24) is 9.88 Å². The lowest BCUT2D eigenvalue weighted by molar-refractivity contribution is -0.384. The predicted molar refractivity (Wildman–Crippen MR) is 158 cm³/mol. The monoisotopic (exact) mass is 547 g/mol. The van der Waals surface area contributed by atoms with Crippen LogP contribution in [0.15, 0.2) is 91.0 Å². The molecule has 1 amide bonds. The summed E-state index contributed by atoms with van der Waals surface area (Å²) in [5, 5.41) is 24.2. The highest BCUT2D eigenvalue weighted by Crippen LogP contribution is 2.31. The van der Waals surface area contributed by atoms with Gasteiger partial charge in [0.2, 0.25) is 0 Å². The first-order chi connectivity index (χ1) is 19.6. The first-order valence-electron chi connectivity index (χ1n) is 13.2. The van der Waals surface area contributed by atoms with Crippen molar-refractivity contribution in [2.24, 2.45) is 0 Å². The van der Waals surface area contributed by atoms with Crippen molar-refractivity contribution >= 4 is 28.5 Å². The molecule has 206 valence electrons. The van der Waals surface area contributed by atoms with E-state index < -0.39 is 10.9 Å². The number of carbonyl (C=O) groups is 2. The van der Waals surface area contributed by atoms with Gasteiger partial charge in [0.1, 0.15) is 0 Å². The number of hydrogen-bond acceptors (Lipinski definition) is 4. The normalized spacial score (nSPS) is 11.8. The van der Waals surface area contributed by atoms with Crippen molar-refractivity contribution in [2.45, 2.75) is 33.4 Å². The maximum Gasteiger partial charge on any atom is 0.335 e. The van der Waals surface area contributed by atoms with E-state index in [4.69, 9.17) is 0 Å². The van der Waals surface area contributed by atoms with Crippen LogP contribution in [0.4, 0.5) is 5.69 Å². The minimum Gasteiger partial charge on any atom is -0.478 e. The summed E-state index contributed by atoms with van der Waals surface area (Å²) in [5.41, 5.74) is 7.81. The molecular weight excluding hydrogens is 518 g/mol. The lowest BCUT2D eigenvalue weighted by Crippen LogP contribution is -2.26. The minimum atomic E-state index is -0.955. The maximum absolute atomic E-state index is 13.1. The van der Waals surface area contributed by atoms with Crippen LogP contribution in [-0.4, -0.2) is 26.5 Å². The molecule has 0 fully saturated rings. The number of aromatic nitrogens is 1. The SMILES string of the molecule is Cc1c(C)n(Cc2ccccc2-c2ccc(C(=O)O)cc2)c2ccc(C(=O)NC(C)c3ccc([N+](=O)[O-])cc3)cc12. The largest absolute Gasteiger partial charge is 0.478 e. The Morgan fingerprint density at radius 1 is 0.927 bits per heavy atom. The van der Waals surface area contributed by atoms with Gasteiger partial charge in [-0.2, -0.15) is 0 Å². The molecule has 0 aliphatic heterocycles. The highest BCUT2D eigenvalue weighted by molar-refractivity contribution is 5.99. The Bertz CT molecular complexity index is 1790. The summed E-state index contributed by atoms with van der Waals surface area (Å²) in [4.78, 5) is 34.9. The second kappa shape index (κ2) is 11.1. The van der Waals surface area contributed by atoms with Crippen LogP contribution >= 0.6 is 0 Å². The van der Waals surface area contributed by atoms with Crippen LogP contribution in [0.3, 0.4) is 0 Å². The van der Waals surface area contributed by atoms with E-state index in [1.54, 1.807) is 24.3 Å². The summed E-state index contributed by atoms with van der Waals surface area (Å²) < 4.78 is 2.23. The van der Waals surface area contributed by atoms with E-state index in [-0.39, 0.29) is 23.2 Å². The quantitative estimate of drug-likeness (QED) is 0.159. The molecule has 8 nitrogen and oxygen atoms in total. The molecule has 0 saturated heterocycles. The van der Waals surface area contributed by atoms with Crippen LogP contribution in [-0.2, 0) is 6.54 Å². The van der Waals surface area contributed by atoms with Gasteiger partial charge in [-0.3, -0.25) is 14.9 Å². The van der Waals surface area contributed by atoms with Crippen molar-refractivity contribution in [3.8, 4) is 11.1 Å². The number of fused-ring (bicyclic) bond motifs is 1. The Morgan fingerprint density at radius 2 is 1.59 bits per heavy atom. The Labute approximate surface area is 237 Å². The number of amides is 1. The van der Waals surface area contributed by atoms with Gasteiger partial charge in [0.05, 0.1) is 16.5 Å². The number of nitrogens with one attached hydrogen (secondary N) is 1. The van der Waals surface area contributed by atoms with Crippen molar-refractivity contribution < 1.29 is 19.6 Å². The van der Waals surface area contributed by atoms with Gasteiger partial charge in [-0.15, -0.1) is 0 Å². The maximum atomic E-state index is 13.1. The van der Waals surface area contributed by atoms with E-state index in [0.29, 0.717) is 12.1 Å². The Hall–Kier alpha value is -5.24. The average molecular weight is 548 g/mol. The van der Waals surface area contributed by atoms with Crippen LogP contribution in [0.1, 0.15) is 56.1 Å². The average Bonchev–Trinajstić information content (AvgIpc) is 3.21. The van der Waals surface area contributed by atoms with E-state index in [1.165, 1.54) is 12.1 Å². The van der Waals surface area contributed by atoms with E-state index in [1.807, 2.05) is 62.4 Å². The summed E-state index contributed by atoms with van der Waals surface area (Å²) in [7, 11) is 0. The number of nitro groups is 1. The minimum absolute atomic E-state index is 0.00630. The van der Waals surface area contributed by atoms with Gasteiger partial charge in [-0.1, -0.05) is 48.5 Å². The standard InChI is InChI=1S/C33H29N3O5/c1-20-22(3)35(19-27-6-4-5-7-29(27)24-8-10-25(11-9-24)33(38)39)31-17-14-26(18-30(20)31)32(37)34-21(2)23-12-15-28(16-13-23)36(40)41/h4-18,21H,19H2,1-3H3,(H,34,37)(H,38,39). The third kappa shape index (κ3) is 5.45. The molecular formula is C33H29N3O5. The second-order valence-electron chi connectivity index (χ2n) is 10.1. The molecule has 8 heteroatoms. The highest BCUT2D eigenvalue weighted by Gasteiger charge is 2.18. The lowest BCUT2D eigenvalue weighted by Gasteiger charge is -2.15. The molecule has 41 heavy (non-hydrogen) atoms. The number of aromatic carboxylic acids is 1. The van der Waals surface area contributed by atoms with Gasteiger partial charge in [0, 0.05) is 40.8 Å². The van der Waals surface area contributed by atoms with Crippen molar-refractivity contribution in [1.29, 1.82) is 0 Å². The van der Waals surface area contributed by atoms with Gasteiger partial charge in [-0.05, 0) is 78.9 Å². The van der Waals surface area contributed by atoms with Crippen LogP contribution in [0.25, 0.3) is 22.0 Å². The van der Waals surface area contributed by atoms with Crippen LogP contribution < -0.4 is 5.32 Å². The molecule has 1 heterocycles. The fourth-order valence-electron chi connectivity index (χ4n) is 5.15. The fraction of sp³-hybridized carbons (Fsp3) is 0.152. The first kappa shape index (κ1) is 27.3. The smallest absolute Gasteiger partial charge is 0.335 e. The topological polar surface area (TPSA) is 114 Å². The Kier molecular flexibility index (Phi) is 7.40. The molecule has 1 aromatic heterocycles. The number of carbonyl (C=O) groups excluding carboxylic acids is 1. The zero-order valence-corrected chi connectivity index (χ0v) is 22.9. The summed E-state index contributed by atoms with van der Waals surface area (Å²) in [6, 6.07) is 26.5. The summed E-state index contributed by atoms with van der Waals surface area (Å²) in [6.07, 6.45) is 0. The second-order valence-corrected chi connectivity index (χ2v) is 10.1. The zero-order valence-electron chi connectivity index (χ0n) is 22.9. The molecule has 0 saturated carbocycles. The molecule has 2 N–H and O–H groups in total. The van der Waals surface area contributed by atoms with Crippen molar-refractivity contribution in [3.63, 3.8) is 0 Å². The summed E-state index contributed by atoms with van der Waals surface area (Å²) >= 11 is 0. The van der Waals surface area contributed by atoms with Crippen LogP contribution in [0.2, 0.25) is 0 Å². The number of hydrogen-bond donors (Lipinski definition) is 2. The van der Waals surface area contributed by atoms with Gasteiger partial charge in [-0.25, -0.2) is 4.79 Å². The molecule has 0 radical (unpaired) electrons. The van der Waals surface area contributed by atoms with Crippen molar-refractivity contribution in [3.05, 3.63) is 135 Å². The lowest BCUT2D eigenvalue weighted by atomic mass is 9.98. The summed E-state index contributed by atoms with van der Waals surface area (Å²) in [5.74, 6) is -1.18. The highest BCUT2D eigenvalue weighted by atomic mass is 16.6. The molecule has 0 aliphatic rings. The molecule has 0 aliphatic carbocycles. The third-order valence-corrected chi connectivity index (χ3v) is 7.64. The Balaban J connectivity index is 1.41. The Morgan fingerprint density at radius 3 is 2.24 bits per heavy atom. The van der Waals surface area contributed by atoms with Gasteiger partial charge in [0.15, 0.2) is 0 Å². The molecule has 1 unspecified atom stereocenters. The van der Waals surface area contributed by atoms with Crippen molar-refractivity contribution in [2.75, 3.05) is 0 Å². The molecule has 0 spiro atoms. The van der Waals surface area contributed by atoms with Gasteiger partial charge in [0.25, 0.3) is 11.6 Å². The molecule has 5 rings (SSSR count). The predicted octanol–water partition coefficient (Wildman–Crippen LogP) is 7.07. The number of nitrogens with zero attached hydrogens (tertiary/aromatic N) is 2. The zero-order chi connectivity index (χ0) is 29.3. The van der Waals surface area contributed by atoms with Crippen LogP contribution in [0.5, 0.6) is 0 Å². The van der Waals surface area contributed by atoms with E-state index in [9.17, 15) is 24.8 Å². The first-order valence-corrected chi connectivity index (χ1v) is 13.2. The number of aryl methyl sites for hydroxylation is 1. The van der Waals surface area contributed by atoms with Gasteiger partial charge >= 0.3 is 5.97 Å². The third-order valence-electron chi connectivity index (χ3n) is 7.64. The molecule has 5 aromatic rings. The number of carboxylic acids is 1. The molecule has 0 bridgehead atoms. The van der Waals surface area contributed by atoms with E-state index in [0.717, 1.165) is 44.4 Å². The number of rotatable bonds is 8. The van der Waals surface area contributed by atoms with Crippen LogP contribution in [0, 0.1) is 24.0 Å².